The van der Waals surface area contributed by atoms with Gasteiger partial charge in [-0.1, -0.05) is 35.5 Å². The summed E-state index contributed by atoms with van der Waals surface area (Å²) in [7, 11) is 0. The fourth-order valence-corrected chi connectivity index (χ4v) is 2.78. The summed E-state index contributed by atoms with van der Waals surface area (Å²) in [6.07, 6.45) is 2.08. The Morgan fingerprint density at radius 3 is 3.20 bits per heavy atom. The van der Waals surface area contributed by atoms with Crippen molar-refractivity contribution < 1.29 is 0 Å². The Bertz CT molecular complexity index is 456. The van der Waals surface area contributed by atoms with E-state index < -0.39 is 0 Å². The van der Waals surface area contributed by atoms with Gasteiger partial charge in [0, 0.05) is 11.2 Å². The summed E-state index contributed by atoms with van der Waals surface area (Å²) in [4.78, 5) is 6.82. The number of thioether (sulfide) groups is 1. The third-order valence-corrected chi connectivity index (χ3v) is 3.57. The van der Waals surface area contributed by atoms with E-state index in [0.29, 0.717) is 0 Å². The number of rotatable bonds is 1. The third-order valence-electron chi connectivity index (χ3n) is 2.53. The number of nitrogens with zero attached hydrogens (tertiary/aromatic N) is 2. The molecule has 0 radical (unpaired) electrons. The summed E-state index contributed by atoms with van der Waals surface area (Å²) in [5.74, 6) is 0. The molecular formula is C11H9ClN2S. The molecule has 3 rings (SSSR count). The molecule has 2 nitrogen and oxygen atoms in total. The number of amidine groups is 1. The van der Waals surface area contributed by atoms with E-state index in [1.807, 2.05) is 18.2 Å². The molecule has 4 heteroatoms. The van der Waals surface area contributed by atoms with Gasteiger partial charge in [0.2, 0.25) is 0 Å². The number of fused-ring (bicyclic) bond motifs is 1. The van der Waals surface area contributed by atoms with Gasteiger partial charge in [-0.05, 0) is 23.1 Å². The van der Waals surface area contributed by atoms with Gasteiger partial charge in [0.05, 0.1) is 12.6 Å². The van der Waals surface area contributed by atoms with Crippen LogP contribution in [0.1, 0.15) is 11.6 Å². The van der Waals surface area contributed by atoms with Gasteiger partial charge in [-0.2, -0.15) is 0 Å². The second kappa shape index (κ2) is 3.58. The zero-order valence-electron chi connectivity index (χ0n) is 7.93. The smallest absolute Gasteiger partial charge is 0.168 e. The molecule has 1 unspecified atom stereocenters. The fourth-order valence-electron chi connectivity index (χ4n) is 1.79. The molecule has 0 N–H and O–H groups in total. The second-order valence-corrected chi connectivity index (χ2v) is 4.85. The molecular weight excluding hydrogens is 228 g/mol. The Balaban J connectivity index is 1.89. The number of aliphatic imine (C=N–C) groups is 1. The van der Waals surface area contributed by atoms with Crippen LogP contribution in [0.5, 0.6) is 0 Å². The maximum Gasteiger partial charge on any atom is 0.168 e. The summed E-state index contributed by atoms with van der Waals surface area (Å²) < 4.78 is 0. The predicted octanol–water partition coefficient (Wildman–Crippen LogP) is 3.27. The Kier molecular flexibility index (Phi) is 2.22. The first-order valence-corrected chi connectivity index (χ1v) is 6.02. The van der Waals surface area contributed by atoms with Crippen LogP contribution in [0.3, 0.4) is 0 Å². The summed E-state index contributed by atoms with van der Waals surface area (Å²) >= 11 is 7.64. The van der Waals surface area contributed by atoms with Crippen molar-refractivity contribution in [3.8, 4) is 0 Å². The lowest BCUT2D eigenvalue weighted by atomic mass is 10.1. The van der Waals surface area contributed by atoms with Crippen LogP contribution in [0.25, 0.3) is 0 Å². The second-order valence-electron chi connectivity index (χ2n) is 3.54. The molecule has 0 spiro atoms. The van der Waals surface area contributed by atoms with Gasteiger partial charge in [-0.25, -0.2) is 0 Å². The first-order chi connectivity index (χ1) is 7.33. The Morgan fingerprint density at radius 2 is 2.40 bits per heavy atom. The van der Waals surface area contributed by atoms with E-state index >= 15 is 0 Å². The lowest BCUT2D eigenvalue weighted by Crippen LogP contribution is -2.15. The summed E-state index contributed by atoms with van der Waals surface area (Å²) in [5.41, 5.74) is 1.19. The van der Waals surface area contributed by atoms with Gasteiger partial charge in [0.1, 0.15) is 0 Å². The molecule has 0 saturated carbocycles. The fraction of sp³-hybridized carbons (Fsp3) is 0.182. The van der Waals surface area contributed by atoms with E-state index in [-0.39, 0.29) is 6.04 Å². The summed E-state index contributed by atoms with van der Waals surface area (Å²) in [5, 5.41) is 3.94. The molecule has 2 aliphatic heterocycles. The molecule has 1 atom stereocenters. The number of halogens is 1. The highest BCUT2D eigenvalue weighted by atomic mass is 35.5. The standard InChI is InChI=1S/C11H9ClN2S/c12-9-3-1-2-8(6-9)10-7-14-4-5-15-11(14)13-10/h1-6,10H,7H2. The van der Waals surface area contributed by atoms with Crippen molar-refractivity contribution in [3.63, 3.8) is 0 Å². The zero-order valence-corrected chi connectivity index (χ0v) is 9.50. The maximum atomic E-state index is 5.96. The summed E-state index contributed by atoms with van der Waals surface area (Å²) in [6.45, 7) is 0.930. The highest BCUT2D eigenvalue weighted by molar-refractivity contribution is 8.16. The van der Waals surface area contributed by atoms with Crippen molar-refractivity contribution >= 4 is 28.5 Å². The van der Waals surface area contributed by atoms with Crippen molar-refractivity contribution in [3.05, 3.63) is 46.5 Å². The average Bonchev–Trinajstić information content (AvgIpc) is 2.76. The maximum absolute atomic E-state index is 5.96. The third kappa shape index (κ3) is 1.66. The van der Waals surface area contributed by atoms with Gasteiger partial charge < -0.3 is 4.90 Å². The molecule has 0 amide bonds. The molecule has 0 saturated heterocycles. The van der Waals surface area contributed by atoms with E-state index in [1.165, 1.54) is 5.56 Å². The minimum Gasteiger partial charge on any atom is -0.325 e. The van der Waals surface area contributed by atoms with Crippen LogP contribution in [0, 0.1) is 0 Å². The number of benzene rings is 1. The minimum absolute atomic E-state index is 0.233. The SMILES string of the molecule is Clc1cccc(C2CN3C=CSC3=N2)c1. The minimum atomic E-state index is 0.233. The van der Waals surface area contributed by atoms with Crippen LogP contribution in [0.4, 0.5) is 0 Å². The lowest BCUT2D eigenvalue weighted by molar-refractivity contribution is 0.558. The average molecular weight is 237 g/mol. The van der Waals surface area contributed by atoms with Gasteiger partial charge in [-0.3, -0.25) is 4.99 Å². The Morgan fingerprint density at radius 1 is 1.47 bits per heavy atom. The molecule has 1 aromatic carbocycles. The molecule has 15 heavy (non-hydrogen) atoms. The molecule has 0 fully saturated rings. The van der Waals surface area contributed by atoms with Crippen molar-refractivity contribution in [2.75, 3.05) is 6.54 Å². The lowest BCUT2D eigenvalue weighted by Gasteiger charge is -2.10. The molecule has 2 heterocycles. The normalized spacial score (nSPS) is 23.1. The Hall–Kier alpha value is -0.930. The van der Waals surface area contributed by atoms with E-state index in [9.17, 15) is 0 Å². The van der Waals surface area contributed by atoms with Crippen LogP contribution >= 0.6 is 23.4 Å². The monoisotopic (exact) mass is 236 g/mol. The summed E-state index contributed by atoms with van der Waals surface area (Å²) in [6, 6.07) is 8.17. The van der Waals surface area contributed by atoms with Crippen LogP contribution in [-0.2, 0) is 0 Å². The van der Waals surface area contributed by atoms with E-state index in [2.05, 4.69) is 27.6 Å². The van der Waals surface area contributed by atoms with E-state index in [0.717, 1.165) is 16.7 Å². The topological polar surface area (TPSA) is 15.6 Å². The quantitative estimate of drug-likeness (QED) is 0.744. The number of hydrogen-bond acceptors (Lipinski definition) is 3. The van der Waals surface area contributed by atoms with Crippen LogP contribution in [0.2, 0.25) is 5.02 Å². The number of hydrogen-bond donors (Lipinski definition) is 0. The van der Waals surface area contributed by atoms with Gasteiger partial charge in [0.25, 0.3) is 0 Å². The molecule has 0 aliphatic carbocycles. The molecule has 1 aromatic rings. The van der Waals surface area contributed by atoms with Crippen LogP contribution in [-0.4, -0.2) is 16.6 Å². The predicted molar refractivity (Wildman–Crippen MR) is 65.1 cm³/mol. The first-order valence-electron chi connectivity index (χ1n) is 4.76. The molecule has 2 aliphatic rings. The Labute approximate surface area is 97.6 Å². The zero-order chi connectivity index (χ0) is 10.3. The van der Waals surface area contributed by atoms with Crippen molar-refractivity contribution in [1.29, 1.82) is 0 Å². The molecule has 0 bridgehead atoms. The highest BCUT2D eigenvalue weighted by Crippen LogP contribution is 2.33. The van der Waals surface area contributed by atoms with Crippen molar-refractivity contribution in [2.24, 2.45) is 4.99 Å². The van der Waals surface area contributed by atoms with E-state index in [1.54, 1.807) is 11.8 Å². The van der Waals surface area contributed by atoms with E-state index in [4.69, 9.17) is 11.6 Å². The largest absolute Gasteiger partial charge is 0.325 e. The van der Waals surface area contributed by atoms with Crippen molar-refractivity contribution in [1.82, 2.24) is 4.90 Å². The highest BCUT2D eigenvalue weighted by Gasteiger charge is 2.27. The van der Waals surface area contributed by atoms with Crippen LogP contribution in [0.15, 0.2) is 40.9 Å². The van der Waals surface area contributed by atoms with Gasteiger partial charge >= 0.3 is 0 Å². The molecule has 76 valence electrons. The molecule has 0 aromatic heterocycles. The van der Waals surface area contributed by atoms with Gasteiger partial charge in [-0.15, -0.1) is 0 Å². The first kappa shape index (κ1) is 9.31. The van der Waals surface area contributed by atoms with Crippen molar-refractivity contribution in [2.45, 2.75) is 6.04 Å². The van der Waals surface area contributed by atoms with Gasteiger partial charge in [0.15, 0.2) is 5.17 Å². The van der Waals surface area contributed by atoms with Crippen LogP contribution < -0.4 is 0 Å².